The molecule has 3 aromatic rings. The van der Waals surface area contributed by atoms with Crippen LogP contribution in [-0.4, -0.2) is 33.9 Å². The van der Waals surface area contributed by atoms with Gasteiger partial charge in [0.1, 0.15) is 17.4 Å². The molecule has 0 N–H and O–H groups in total. The minimum atomic E-state index is 0.153. The lowest BCUT2D eigenvalue weighted by Gasteiger charge is -2.23. The number of para-hydroxylation sites is 1. The summed E-state index contributed by atoms with van der Waals surface area (Å²) in [6, 6.07) is 12.2. The van der Waals surface area contributed by atoms with Crippen molar-refractivity contribution in [2.45, 2.75) is 25.9 Å². The van der Waals surface area contributed by atoms with E-state index >= 15 is 0 Å². The summed E-state index contributed by atoms with van der Waals surface area (Å²) in [5.74, 6) is 1.39. The second-order valence-electron chi connectivity index (χ2n) is 5.76. The Labute approximate surface area is 134 Å². The number of hydrogen-bond donors (Lipinski definition) is 0. The molecule has 23 heavy (non-hydrogen) atoms. The monoisotopic (exact) mass is 309 g/mol. The second-order valence-corrected chi connectivity index (χ2v) is 5.76. The molecule has 4 rings (SSSR count). The lowest BCUT2D eigenvalue weighted by Crippen LogP contribution is -2.26. The van der Waals surface area contributed by atoms with Crippen molar-refractivity contribution >= 4 is 11.0 Å². The SMILES string of the molecule is Cc1nc(OC2CCOCC2)c2c(ccn2-c2ccccc2)n1. The van der Waals surface area contributed by atoms with Crippen molar-refractivity contribution in [3.8, 4) is 11.6 Å². The van der Waals surface area contributed by atoms with Crippen LogP contribution in [0.3, 0.4) is 0 Å². The Morgan fingerprint density at radius 3 is 2.65 bits per heavy atom. The standard InChI is InChI=1S/C18H19N3O2/c1-13-19-16-7-10-21(14-5-3-2-4-6-14)17(16)18(20-13)23-15-8-11-22-12-9-15/h2-7,10,15H,8-9,11-12H2,1H3. The van der Waals surface area contributed by atoms with E-state index in [1.807, 2.05) is 37.4 Å². The third-order valence-electron chi connectivity index (χ3n) is 4.09. The van der Waals surface area contributed by atoms with Crippen molar-refractivity contribution in [3.05, 3.63) is 48.4 Å². The molecular formula is C18H19N3O2. The van der Waals surface area contributed by atoms with Crippen molar-refractivity contribution in [2.75, 3.05) is 13.2 Å². The highest BCUT2D eigenvalue weighted by Gasteiger charge is 2.20. The molecule has 1 saturated heterocycles. The van der Waals surface area contributed by atoms with Crippen LogP contribution in [0.15, 0.2) is 42.6 Å². The zero-order valence-electron chi connectivity index (χ0n) is 13.1. The zero-order valence-corrected chi connectivity index (χ0v) is 13.1. The average molecular weight is 309 g/mol. The maximum atomic E-state index is 6.22. The van der Waals surface area contributed by atoms with Gasteiger partial charge < -0.3 is 14.0 Å². The fourth-order valence-corrected chi connectivity index (χ4v) is 2.96. The van der Waals surface area contributed by atoms with E-state index in [-0.39, 0.29) is 6.10 Å². The van der Waals surface area contributed by atoms with Crippen LogP contribution in [0.5, 0.6) is 5.88 Å². The predicted molar refractivity (Wildman–Crippen MR) is 88.1 cm³/mol. The van der Waals surface area contributed by atoms with Crippen molar-refractivity contribution in [2.24, 2.45) is 0 Å². The molecule has 1 aliphatic heterocycles. The van der Waals surface area contributed by atoms with E-state index in [9.17, 15) is 0 Å². The molecule has 0 aliphatic carbocycles. The van der Waals surface area contributed by atoms with E-state index in [4.69, 9.17) is 9.47 Å². The average Bonchev–Trinajstić information content (AvgIpc) is 3.00. The number of aryl methyl sites for hydroxylation is 1. The van der Waals surface area contributed by atoms with Crippen LogP contribution < -0.4 is 4.74 Å². The van der Waals surface area contributed by atoms with Crippen molar-refractivity contribution in [1.82, 2.24) is 14.5 Å². The van der Waals surface area contributed by atoms with E-state index in [2.05, 4.69) is 26.7 Å². The molecule has 5 heteroatoms. The van der Waals surface area contributed by atoms with Crippen LogP contribution in [0.1, 0.15) is 18.7 Å². The summed E-state index contributed by atoms with van der Waals surface area (Å²) in [7, 11) is 0. The molecular weight excluding hydrogens is 290 g/mol. The summed E-state index contributed by atoms with van der Waals surface area (Å²) in [4.78, 5) is 9.10. The Bertz CT molecular complexity index is 808. The maximum absolute atomic E-state index is 6.22. The highest BCUT2D eigenvalue weighted by molar-refractivity contribution is 5.82. The smallest absolute Gasteiger partial charge is 0.242 e. The van der Waals surface area contributed by atoms with Gasteiger partial charge in [0, 0.05) is 24.7 Å². The number of hydrogen-bond acceptors (Lipinski definition) is 4. The summed E-state index contributed by atoms with van der Waals surface area (Å²) in [6.07, 6.45) is 3.97. The number of rotatable bonds is 3. The van der Waals surface area contributed by atoms with Gasteiger partial charge in [0.2, 0.25) is 5.88 Å². The summed E-state index contributed by atoms with van der Waals surface area (Å²) in [5.41, 5.74) is 2.91. The Morgan fingerprint density at radius 2 is 1.87 bits per heavy atom. The third-order valence-corrected chi connectivity index (χ3v) is 4.09. The first-order chi connectivity index (χ1) is 11.3. The van der Waals surface area contributed by atoms with E-state index in [1.165, 1.54) is 0 Å². The van der Waals surface area contributed by atoms with Gasteiger partial charge >= 0.3 is 0 Å². The summed E-state index contributed by atoms with van der Waals surface area (Å²) < 4.78 is 13.7. The fraction of sp³-hybridized carbons (Fsp3) is 0.333. The fourth-order valence-electron chi connectivity index (χ4n) is 2.96. The van der Waals surface area contributed by atoms with Crippen molar-refractivity contribution in [3.63, 3.8) is 0 Å². The minimum Gasteiger partial charge on any atom is -0.473 e. The first kappa shape index (κ1) is 14.2. The molecule has 0 spiro atoms. The van der Waals surface area contributed by atoms with Gasteiger partial charge in [-0.25, -0.2) is 4.98 Å². The number of nitrogens with zero attached hydrogens (tertiary/aromatic N) is 3. The van der Waals surface area contributed by atoms with Gasteiger partial charge in [-0.3, -0.25) is 0 Å². The van der Waals surface area contributed by atoms with E-state index in [1.54, 1.807) is 0 Å². The topological polar surface area (TPSA) is 49.2 Å². The van der Waals surface area contributed by atoms with Gasteiger partial charge in [0.25, 0.3) is 0 Å². The molecule has 1 aromatic carbocycles. The van der Waals surface area contributed by atoms with Gasteiger partial charge in [-0.1, -0.05) is 18.2 Å². The van der Waals surface area contributed by atoms with Crippen LogP contribution in [-0.2, 0) is 4.74 Å². The Balaban J connectivity index is 1.80. The zero-order chi connectivity index (χ0) is 15.6. The van der Waals surface area contributed by atoms with E-state index in [0.29, 0.717) is 5.88 Å². The van der Waals surface area contributed by atoms with Crippen LogP contribution in [0.2, 0.25) is 0 Å². The molecule has 3 heterocycles. The van der Waals surface area contributed by atoms with Crippen LogP contribution >= 0.6 is 0 Å². The first-order valence-electron chi connectivity index (χ1n) is 7.97. The van der Waals surface area contributed by atoms with Crippen molar-refractivity contribution in [1.29, 1.82) is 0 Å². The molecule has 0 atom stereocenters. The lowest BCUT2D eigenvalue weighted by molar-refractivity contribution is 0.0242. The quantitative estimate of drug-likeness (QED) is 0.745. The molecule has 0 amide bonds. The Kier molecular flexibility index (Phi) is 3.71. The Hall–Kier alpha value is -2.40. The van der Waals surface area contributed by atoms with E-state index in [0.717, 1.165) is 48.6 Å². The van der Waals surface area contributed by atoms with Gasteiger partial charge in [-0.15, -0.1) is 0 Å². The van der Waals surface area contributed by atoms with Gasteiger partial charge in [-0.2, -0.15) is 4.98 Å². The number of benzene rings is 1. The lowest BCUT2D eigenvalue weighted by atomic mass is 10.1. The molecule has 1 fully saturated rings. The van der Waals surface area contributed by atoms with E-state index < -0.39 is 0 Å². The number of fused-ring (bicyclic) bond motifs is 1. The molecule has 0 bridgehead atoms. The van der Waals surface area contributed by atoms with Gasteiger partial charge in [0.05, 0.1) is 18.7 Å². The largest absolute Gasteiger partial charge is 0.473 e. The van der Waals surface area contributed by atoms with Gasteiger partial charge in [0.15, 0.2) is 0 Å². The second kappa shape index (κ2) is 6.01. The molecule has 0 radical (unpaired) electrons. The van der Waals surface area contributed by atoms with Crippen molar-refractivity contribution < 1.29 is 9.47 Å². The number of aromatic nitrogens is 3. The summed E-state index contributed by atoms with van der Waals surface area (Å²) in [5, 5.41) is 0. The molecule has 1 aliphatic rings. The van der Waals surface area contributed by atoms with Gasteiger partial charge in [-0.05, 0) is 25.1 Å². The summed E-state index contributed by atoms with van der Waals surface area (Å²) in [6.45, 7) is 3.39. The van der Waals surface area contributed by atoms with Crippen LogP contribution in [0.25, 0.3) is 16.7 Å². The number of ether oxygens (including phenoxy) is 2. The third kappa shape index (κ3) is 2.80. The summed E-state index contributed by atoms with van der Waals surface area (Å²) >= 11 is 0. The first-order valence-corrected chi connectivity index (χ1v) is 7.97. The molecule has 0 saturated carbocycles. The minimum absolute atomic E-state index is 0.153. The normalized spacial score (nSPS) is 15.9. The predicted octanol–water partition coefficient (Wildman–Crippen LogP) is 3.29. The maximum Gasteiger partial charge on any atom is 0.242 e. The van der Waals surface area contributed by atoms with Crippen LogP contribution in [0, 0.1) is 6.92 Å². The Morgan fingerprint density at radius 1 is 1.09 bits per heavy atom. The molecule has 2 aromatic heterocycles. The highest BCUT2D eigenvalue weighted by Crippen LogP contribution is 2.28. The molecule has 118 valence electrons. The highest BCUT2D eigenvalue weighted by atomic mass is 16.5. The molecule has 0 unspecified atom stereocenters. The van der Waals surface area contributed by atoms with Crippen LogP contribution in [0.4, 0.5) is 0 Å². The molecule has 5 nitrogen and oxygen atoms in total.